The highest BCUT2D eigenvalue weighted by Gasteiger charge is 2.35. The van der Waals surface area contributed by atoms with Gasteiger partial charge in [0.25, 0.3) is 5.91 Å². The van der Waals surface area contributed by atoms with Crippen LogP contribution in [-0.2, 0) is 6.54 Å². The molecular weight excluding hydrogens is 647 g/mol. The number of fused-ring (bicyclic) bond motifs is 4. The molecule has 7 aromatic carbocycles. The Morgan fingerprint density at radius 1 is 0.453 bits per heavy atom. The Morgan fingerprint density at radius 3 is 1.68 bits per heavy atom. The van der Waals surface area contributed by atoms with Crippen LogP contribution >= 0.6 is 0 Å². The van der Waals surface area contributed by atoms with Crippen LogP contribution < -0.4 is 4.90 Å². The first kappa shape index (κ1) is 30.8. The summed E-state index contributed by atoms with van der Waals surface area (Å²) < 4.78 is 2.37. The molecule has 1 amide bonds. The SMILES string of the molecule is O=C1c2cccc(-n3c4ccccc4c4cccc(-c5ccncc5)c43)c2CN1c1c(-c2ccccc2)cc(-c2ccccc2)cc1-c1ccccc1. The van der Waals surface area contributed by atoms with Gasteiger partial charge >= 0.3 is 0 Å². The van der Waals surface area contributed by atoms with Gasteiger partial charge in [0.1, 0.15) is 0 Å². The van der Waals surface area contributed by atoms with Crippen LogP contribution in [0.2, 0.25) is 0 Å². The standard InChI is InChI=1S/C49H33N3O/c53-49-41-23-13-25-46(52-45-24-11-10-20-39(45)40-22-12-21-38(48(40)52)36-26-28-50-29-27-36)44(41)32-51(49)47-42(34-16-6-2-7-17-34)30-37(33-14-4-1-5-15-33)31-43(47)35-18-8-3-9-19-35/h1-31H,32H2. The van der Waals surface area contributed by atoms with Crippen LogP contribution in [0.25, 0.3) is 72.0 Å². The Labute approximate surface area is 307 Å². The monoisotopic (exact) mass is 679 g/mol. The van der Waals surface area contributed by atoms with Crippen molar-refractivity contribution < 1.29 is 4.79 Å². The molecule has 1 aliphatic heterocycles. The molecule has 0 radical (unpaired) electrons. The van der Waals surface area contributed by atoms with Crippen molar-refractivity contribution in [1.82, 2.24) is 9.55 Å². The van der Waals surface area contributed by atoms with E-state index in [2.05, 4.69) is 155 Å². The van der Waals surface area contributed by atoms with Gasteiger partial charge in [-0.25, -0.2) is 0 Å². The third-order valence-corrected chi connectivity index (χ3v) is 10.5. The van der Waals surface area contributed by atoms with E-state index in [1.807, 2.05) is 47.6 Å². The summed E-state index contributed by atoms with van der Waals surface area (Å²) in [5.41, 5.74) is 14.5. The Morgan fingerprint density at radius 2 is 1.00 bits per heavy atom. The zero-order valence-corrected chi connectivity index (χ0v) is 28.9. The largest absolute Gasteiger partial charge is 0.308 e. The number of nitrogens with zero attached hydrogens (tertiary/aromatic N) is 3. The first-order valence-corrected chi connectivity index (χ1v) is 18.0. The molecule has 53 heavy (non-hydrogen) atoms. The fraction of sp³-hybridized carbons (Fsp3) is 0.0204. The fourth-order valence-corrected chi connectivity index (χ4v) is 8.14. The Balaban J connectivity index is 1.22. The predicted molar refractivity (Wildman–Crippen MR) is 217 cm³/mol. The second-order valence-electron chi connectivity index (χ2n) is 13.5. The van der Waals surface area contributed by atoms with Crippen molar-refractivity contribution in [3.8, 4) is 50.2 Å². The van der Waals surface area contributed by atoms with E-state index in [4.69, 9.17) is 0 Å². The molecular formula is C49H33N3O. The number of hydrogen-bond donors (Lipinski definition) is 0. The summed E-state index contributed by atoms with van der Waals surface area (Å²) in [5, 5.41) is 2.34. The molecule has 2 aromatic heterocycles. The number of aromatic nitrogens is 2. The predicted octanol–water partition coefficient (Wildman–Crippen LogP) is 12.0. The maximum atomic E-state index is 15.0. The van der Waals surface area contributed by atoms with Gasteiger partial charge in [0.2, 0.25) is 0 Å². The third-order valence-electron chi connectivity index (χ3n) is 10.5. The van der Waals surface area contributed by atoms with Gasteiger partial charge in [-0.3, -0.25) is 9.78 Å². The van der Waals surface area contributed by atoms with Gasteiger partial charge < -0.3 is 9.47 Å². The lowest BCUT2D eigenvalue weighted by atomic mass is 9.90. The molecule has 0 bridgehead atoms. The first-order chi connectivity index (χ1) is 26.2. The quantitative estimate of drug-likeness (QED) is 0.175. The number of rotatable bonds is 6. The molecule has 10 rings (SSSR count). The number of anilines is 1. The molecule has 4 nitrogen and oxygen atoms in total. The summed E-state index contributed by atoms with van der Waals surface area (Å²) in [6.07, 6.45) is 3.69. The Hall–Kier alpha value is -7.04. The van der Waals surface area contributed by atoms with E-state index < -0.39 is 0 Å². The molecule has 4 heteroatoms. The van der Waals surface area contributed by atoms with Crippen LogP contribution in [0.3, 0.4) is 0 Å². The van der Waals surface area contributed by atoms with E-state index in [-0.39, 0.29) is 5.91 Å². The molecule has 0 saturated carbocycles. The number of pyridine rings is 1. The number of amides is 1. The lowest BCUT2D eigenvalue weighted by Crippen LogP contribution is -2.24. The number of para-hydroxylation sites is 2. The van der Waals surface area contributed by atoms with Crippen LogP contribution in [0.4, 0.5) is 5.69 Å². The van der Waals surface area contributed by atoms with Crippen LogP contribution in [0, 0.1) is 0 Å². The van der Waals surface area contributed by atoms with Gasteiger partial charge in [0, 0.05) is 51.0 Å². The van der Waals surface area contributed by atoms with Gasteiger partial charge in [-0.1, -0.05) is 133 Å². The lowest BCUT2D eigenvalue weighted by Gasteiger charge is -2.25. The number of carbonyl (C=O) groups excluding carboxylic acids is 1. The van der Waals surface area contributed by atoms with Gasteiger partial charge in [0.15, 0.2) is 0 Å². The summed E-state index contributed by atoms with van der Waals surface area (Å²) in [5.74, 6) is -0.00111. The highest BCUT2D eigenvalue weighted by molar-refractivity contribution is 6.17. The maximum absolute atomic E-state index is 15.0. The van der Waals surface area contributed by atoms with Crippen LogP contribution in [-0.4, -0.2) is 15.5 Å². The zero-order chi connectivity index (χ0) is 35.3. The Bertz CT molecular complexity index is 2750. The Kier molecular flexibility index (Phi) is 7.33. The molecule has 9 aromatic rings. The average molecular weight is 680 g/mol. The number of carbonyl (C=O) groups is 1. The van der Waals surface area contributed by atoms with Crippen molar-refractivity contribution in [2.75, 3.05) is 4.90 Å². The molecule has 250 valence electrons. The maximum Gasteiger partial charge on any atom is 0.259 e. The summed E-state index contributed by atoms with van der Waals surface area (Å²) in [7, 11) is 0. The fourth-order valence-electron chi connectivity index (χ4n) is 8.14. The molecule has 0 atom stereocenters. The second-order valence-corrected chi connectivity index (χ2v) is 13.5. The van der Waals surface area contributed by atoms with Gasteiger partial charge in [-0.2, -0.15) is 0 Å². The minimum atomic E-state index is -0.00111. The molecule has 0 spiro atoms. The van der Waals surface area contributed by atoms with E-state index in [1.165, 1.54) is 10.8 Å². The van der Waals surface area contributed by atoms with Crippen molar-refractivity contribution in [2.45, 2.75) is 6.54 Å². The van der Waals surface area contributed by atoms with Crippen molar-refractivity contribution in [1.29, 1.82) is 0 Å². The minimum Gasteiger partial charge on any atom is -0.308 e. The average Bonchev–Trinajstić information content (AvgIpc) is 3.76. The van der Waals surface area contributed by atoms with E-state index in [0.717, 1.165) is 78.0 Å². The van der Waals surface area contributed by atoms with Gasteiger partial charge in [-0.05, 0) is 70.3 Å². The molecule has 0 saturated heterocycles. The minimum absolute atomic E-state index is 0.00111. The van der Waals surface area contributed by atoms with Crippen molar-refractivity contribution in [3.63, 3.8) is 0 Å². The van der Waals surface area contributed by atoms with E-state index >= 15 is 0 Å². The summed E-state index contributed by atoms with van der Waals surface area (Å²) >= 11 is 0. The molecule has 1 aliphatic rings. The molecule has 0 aliphatic carbocycles. The van der Waals surface area contributed by atoms with Gasteiger partial charge in [0.05, 0.1) is 29.0 Å². The number of hydrogen-bond acceptors (Lipinski definition) is 2. The highest BCUT2D eigenvalue weighted by atomic mass is 16.2. The van der Waals surface area contributed by atoms with Crippen LogP contribution in [0.1, 0.15) is 15.9 Å². The zero-order valence-electron chi connectivity index (χ0n) is 28.9. The van der Waals surface area contributed by atoms with Gasteiger partial charge in [-0.15, -0.1) is 0 Å². The van der Waals surface area contributed by atoms with Crippen LogP contribution in [0.15, 0.2) is 188 Å². The summed E-state index contributed by atoms with van der Waals surface area (Å²) in [4.78, 5) is 21.3. The van der Waals surface area contributed by atoms with E-state index in [9.17, 15) is 4.79 Å². The first-order valence-electron chi connectivity index (χ1n) is 18.0. The van der Waals surface area contributed by atoms with Crippen molar-refractivity contribution in [3.05, 3.63) is 199 Å². The number of benzene rings is 7. The van der Waals surface area contributed by atoms with Crippen molar-refractivity contribution >= 4 is 33.4 Å². The second kappa shape index (κ2) is 12.6. The third kappa shape index (κ3) is 5.07. The van der Waals surface area contributed by atoms with E-state index in [0.29, 0.717) is 6.54 Å². The smallest absolute Gasteiger partial charge is 0.259 e. The van der Waals surface area contributed by atoms with Crippen molar-refractivity contribution in [2.24, 2.45) is 0 Å². The lowest BCUT2D eigenvalue weighted by molar-refractivity contribution is 0.0996. The highest BCUT2D eigenvalue weighted by Crippen LogP contribution is 2.47. The molecule has 0 fully saturated rings. The molecule has 3 heterocycles. The normalized spacial score (nSPS) is 12.5. The van der Waals surface area contributed by atoms with Crippen LogP contribution in [0.5, 0.6) is 0 Å². The summed E-state index contributed by atoms with van der Waals surface area (Å²) in [6, 6.07) is 61.3. The van der Waals surface area contributed by atoms with E-state index in [1.54, 1.807) is 0 Å². The summed E-state index contributed by atoms with van der Waals surface area (Å²) in [6.45, 7) is 0.431. The molecule has 0 N–H and O–H groups in total. The topological polar surface area (TPSA) is 38.1 Å². The molecule has 0 unspecified atom stereocenters.